The van der Waals surface area contributed by atoms with Crippen LogP contribution in [-0.4, -0.2) is 23.0 Å². The largest absolute Gasteiger partial charge is 0.440 e. The van der Waals surface area contributed by atoms with Gasteiger partial charge in [0.2, 0.25) is 5.91 Å². The summed E-state index contributed by atoms with van der Waals surface area (Å²) in [5.41, 5.74) is 7.22. The average molecular weight is 453 g/mol. The summed E-state index contributed by atoms with van der Waals surface area (Å²) in [6.07, 6.45) is 0.796. The van der Waals surface area contributed by atoms with Crippen LogP contribution >= 0.6 is 40.7 Å². The van der Waals surface area contributed by atoms with Crippen molar-refractivity contribution in [2.45, 2.75) is 39.2 Å². The SMILES string of the molecule is Cc1nc(CCC(=O)NCC(C)(C)N)oc1-c1ccc(Br)cc1.Cl.Cl. The molecule has 25 heavy (non-hydrogen) atoms. The molecule has 2 rings (SSSR count). The highest BCUT2D eigenvalue weighted by Crippen LogP contribution is 2.26. The Morgan fingerprint density at radius 2 is 1.88 bits per heavy atom. The molecule has 2 aromatic rings. The zero-order valence-corrected chi connectivity index (χ0v) is 17.7. The molecule has 8 heteroatoms. The highest BCUT2D eigenvalue weighted by molar-refractivity contribution is 9.10. The third-order valence-electron chi connectivity index (χ3n) is 3.25. The van der Waals surface area contributed by atoms with Gasteiger partial charge in [-0.25, -0.2) is 4.98 Å². The molecular formula is C17H24BrCl2N3O2. The van der Waals surface area contributed by atoms with Gasteiger partial charge in [0, 0.05) is 35.0 Å². The number of amides is 1. The summed E-state index contributed by atoms with van der Waals surface area (Å²) in [4.78, 5) is 16.2. The molecule has 3 N–H and O–H groups in total. The number of carbonyl (C=O) groups is 1. The van der Waals surface area contributed by atoms with Crippen molar-refractivity contribution in [3.05, 3.63) is 40.3 Å². The minimum Gasteiger partial charge on any atom is -0.440 e. The second-order valence-corrected chi connectivity index (χ2v) is 7.21. The fourth-order valence-electron chi connectivity index (χ4n) is 2.06. The van der Waals surface area contributed by atoms with Crippen LogP contribution < -0.4 is 11.1 Å². The van der Waals surface area contributed by atoms with Crippen molar-refractivity contribution < 1.29 is 9.21 Å². The molecule has 0 aliphatic rings. The molecule has 0 spiro atoms. The monoisotopic (exact) mass is 451 g/mol. The van der Waals surface area contributed by atoms with Gasteiger partial charge in [0.1, 0.15) is 0 Å². The van der Waals surface area contributed by atoms with E-state index in [-0.39, 0.29) is 30.7 Å². The van der Waals surface area contributed by atoms with Crippen molar-refractivity contribution in [2.24, 2.45) is 5.73 Å². The van der Waals surface area contributed by atoms with Gasteiger partial charge in [0.25, 0.3) is 0 Å². The number of aryl methyl sites for hydroxylation is 2. The van der Waals surface area contributed by atoms with E-state index in [9.17, 15) is 4.79 Å². The number of nitrogens with zero attached hydrogens (tertiary/aromatic N) is 1. The summed E-state index contributed by atoms with van der Waals surface area (Å²) in [5, 5.41) is 2.81. The molecule has 0 unspecified atom stereocenters. The first-order valence-corrected chi connectivity index (χ1v) is 8.32. The molecule has 0 atom stereocenters. The zero-order chi connectivity index (χ0) is 17.0. The van der Waals surface area contributed by atoms with Gasteiger partial charge >= 0.3 is 0 Å². The van der Waals surface area contributed by atoms with E-state index in [4.69, 9.17) is 10.2 Å². The Kier molecular flexibility index (Phi) is 9.72. The third kappa shape index (κ3) is 7.77. The van der Waals surface area contributed by atoms with E-state index in [2.05, 4.69) is 26.2 Å². The van der Waals surface area contributed by atoms with Gasteiger partial charge in [-0.3, -0.25) is 4.79 Å². The minimum absolute atomic E-state index is 0. The van der Waals surface area contributed by atoms with Crippen LogP contribution in [0.2, 0.25) is 0 Å². The summed E-state index contributed by atoms with van der Waals surface area (Å²) in [6, 6.07) is 7.85. The molecule has 1 aromatic heterocycles. The lowest BCUT2D eigenvalue weighted by atomic mass is 10.1. The average Bonchev–Trinajstić information content (AvgIpc) is 2.84. The molecule has 0 saturated heterocycles. The number of oxazole rings is 1. The van der Waals surface area contributed by atoms with E-state index in [1.54, 1.807) is 0 Å². The zero-order valence-electron chi connectivity index (χ0n) is 14.5. The second kappa shape index (κ2) is 10.2. The van der Waals surface area contributed by atoms with E-state index in [0.717, 1.165) is 21.5 Å². The highest BCUT2D eigenvalue weighted by Gasteiger charge is 2.15. The molecule has 140 valence electrons. The number of carbonyl (C=O) groups excluding carboxylic acids is 1. The predicted octanol–water partition coefficient (Wildman–Crippen LogP) is 4.04. The van der Waals surface area contributed by atoms with Crippen LogP contribution in [0.15, 0.2) is 33.2 Å². The Labute approximate surface area is 169 Å². The lowest BCUT2D eigenvalue weighted by Gasteiger charge is -2.18. The quantitative estimate of drug-likeness (QED) is 0.692. The van der Waals surface area contributed by atoms with Crippen molar-refractivity contribution in [1.29, 1.82) is 0 Å². The number of hydrogen-bond acceptors (Lipinski definition) is 4. The normalized spacial score (nSPS) is 10.6. The first kappa shape index (κ1) is 23.9. The first-order valence-electron chi connectivity index (χ1n) is 7.52. The van der Waals surface area contributed by atoms with E-state index in [1.807, 2.05) is 45.0 Å². The minimum atomic E-state index is -0.413. The van der Waals surface area contributed by atoms with Crippen LogP contribution in [-0.2, 0) is 11.2 Å². The molecule has 0 saturated carbocycles. The van der Waals surface area contributed by atoms with Crippen molar-refractivity contribution in [1.82, 2.24) is 10.3 Å². The molecule has 1 aromatic carbocycles. The van der Waals surface area contributed by atoms with Gasteiger partial charge in [0.05, 0.1) is 5.69 Å². The Balaban J connectivity index is 0.00000288. The lowest BCUT2D eigenvalue weighted by molar-refractivity contribution is -0.121. The second-order valence-electron chi connectivity index (χ2n) is 6.29. The lowest BCUT2D eigenvalue weighted by Crippen LogP contribution is -2.45. The number of aromatic nitrogens is 1. The van der Waals surface area contributed by atoms with Crippen molar-refractivity contribution in [3.63, 3.8) is 0 Å². The maximum atomic E-state index is 11.8. The van der Waals surface area contributed by atoms with Crippen LogP contribution in [0.4, 0.5) is 0 Å². The highest BCUT2D eigenvalue weighted by atomic mass is 79.9. The molecule has 0 bridgehead atoms. The first-order chi connectivity index (χ1) is 10.7. The predicted molar refractivity (Wildman–Crippen MR) is 108 cm³/mol. The van der Waals surface area contributed by atoms with Gasteiger partial charge in [-0.15, -0.1) is 24.8 Å². The van der Waals surface area contributed by atoms with Crippen molar-refractivity contribution in [3.8, 4) is 11.3 Å². The van der Waals surface area contributed by atoms with Crippen LogP contribution in [0.1, 0.15) is 31.9 Å². The van der Waals surface area contributed by atoms with Crippen molar-refractivity contribution in [2.75, 3.05) is 6.54 Å². The smallest absolute Gasteiger partial charge is 0.220 e. The Morgan fingerprint density at radius 1 is 1.28 bits per heavy atom. The third-order valence-corrected chi connectivity index (χ3v) is 3.78. The van der Waals surface area contributed by atoms with E-state index < -0.39 is 5.54 Å². The Morgan fingerprint density at radius 3 is 2.44 bits per heavy atom. The van der Waals surface area contributed by atoms with Gasteiger partial charge in [-0.05, 0) is 32.9 Å². The molecule has 0 radical (unpaired) electrons. The van der Waals surface area contributed by atoms with Gasteiger partial charge < -0.3 is 15.5 Å². The van der Waals surface area contributed by atoms with Crippen molar-refractivity contribution >= 4 is 46.7 Å². The summed E-state index contributed by atoms with van der Waals surface area (Å²) >= 11 is 3.41. The maximum Gasteiger partial charge on any atom is 0.220 e. The number of halogens is 3. The molecule has 0 aliphatic heterocycles. The van der Waals surface area contributed by atoms with Crippen LogP contribution in [0.3, 0.4) is 0 Å². The summed E-state index contributed by atoms with van der Waals surface area (Å²) < 4.78 is 6.82. The van der Waals surface area contributed by atoms with Gasteiger partial charge in [0.15, 0.2) is 11.7 Å². The standard InChI is InChI=1S/C17H22BrN3O2.2ClH/c1-11-16(12-4-6-13(18)7-5-12)23-15(21-11)9-8-14(22)20-10-17(2,3)19;;/h4-7H,8-10,19H2,1-3H3,(H,20,22);2*1H. The summed E-state index contributed by atoms with van der Waals surface area (Å²) in [7, 11) is 0. The Bertz CT molecular complexity index is 682. The molecule has 0 fully saturated rings. The number of nitrogens with two attached hydrogens (primary N) is 1. The van der Waals surface area contributed by atoms with Crippen LogP contribution in [0.25, 0.3) is 11.3 Å². The van der Waals surface area contributed by atoms with Crippen LogP contribution in [0.5, 0.6) is 0 Å². The molecule has 1 heterocycles. The molecule has 1 amide bonds. The van der Waals surface area contributed by atoms with E-state index >= 15 is 0 Å². The fourth-order valence-corrected chi connectivity index (χ4v) is 2.33. The summed E-state index contributed by atoms with van der Waals surface area (Å²) in [5.74, 6) is 1.27. The van der Waals surface area contributed by atoms with E-state index in [1.165, 1.54) is 0 Å². The number of benzene rings is 1. The Hall–Kier alpha value is -1.08. The fraction of sp³-hybridized carbons (Fsp3) is 0.412. The summed E-state index contributed by atoms with van der Waals surface area (Å²) in [6.45, 7) is 6.09. The van der Waals surface area contributed by atoms with Gasteiger partial charge in [-0.1, -0.05) is 28.1 Å². The molecule has 5 nitrogen and oxygen atoms in total. The van der Waals surface area contributed by atoms with Gasteiger partial charge in [-0.2, -0.15) is 0 Å². The molecular weight excluding hydrogens is 429 g/mol. The van der Waals surface area contributed by atoms with E-state index in [0.29, 0.717) is 25.3 Å². The maximum absolute atomic E-state index is 11.8. The number of nitrogens with one attached hydrogen (secondary N) is 1. The number of rotatable bonds is 6. The molecule has 0 aliphatic carbocycles. The topological polar surface area (TPSA) is 81.2 Å². The number of hydrogen-bond donors (Lipinski definition) is 2. The van der Waals surface area contributed by atoms with Crippen LogP contribution in [0, 0.1) is 6.92 Å².